The van der Waals surface area contributed by atoms with E-state index >= 15 is 0 Å². The minimum Gasteiger partial charge on any atom is -0.382 e. The number of benzene rings is 3. The number of nitrogens with one attached hydrogen (secondary N) is 2. The number of aliphatic hydroxyl groups excluding tert-OH is 1. The first-order valence-electron chi connectivity index (χ1n) is 15.6. The molecule has 0 fully saturated rings. The molecule has 236 valence electrons. The van der Waals surface area contributed by atoms with Crippen LogP contribution < -0.4 is 16.4 Å². The number of carbonyl (C=O) groups is 3. The normalized spacial score (nSPS) is 15.0. The Morgan fingerprint density at radius 3 is 2.05 bits per heavy atom. The second-order valence-electron chi connectivity index (χ2n) is 13.0. The average Bonchev–Trinajstić information content (AvgIpc) is 2.99. The van der Waals surface area contributed by atoms with E-state index in [-0.39, 0.29) is 24.8 Å². The number of primary amides is 1. The van der Waals surface area contributed by atoms with Gasteiger partial charge in [-0.05, 0) is 72.8 Å². The van der Waals surface area contributed by atoms with Crippen molar-refractivity contribution in [1.82, 2.24) is 10.6 Å². The molecule has 3 rings (SSSR count). The summed E-state index contributed by atoms with van der Waals surface area (Å²) in [6, 6.07) is 24.7. The molecular weight excluding hydrogens is 550 g/mol. The second kappa shape index (κ2) is 15.2. The van der Waals surface area contributed by atoms with Crippen LogP contribution in [0.5, 0.6) is 0 Å². The Labute approximate surface area is 262 Å². The number of aliphatic hydroxyl groups is 1. The van der Waals surface area contributed by atoms with Gasteiger partial charge < -0.3 is 21.5 Å². The number of aryl methyl sites for hydroxylation is 2. The lowest BCUT2D eigenvalue weighted by molar-refractivity contribution is -0.151. The van der Waals surface area contributed by atoms with E-state index < -0.39 is 34.8 Å². The van der Waals surface area contributed by atoms with Gasteiger partial charge in [0.1, 0.15) is 12.1 Å². The third-order valence-electron chi connectivity index (χ3n) is 8.49. The van der Waals surface area contributed by atoms with Gasteiger partial charge in [-0.15, -0.1) is 0 Å². The predicted molar refractivity (Wildman–Crippen MR) is 176 cm³/mol. The molecule has 3 aromatic rings. The zero-order chi connectivity index (χ0) is 32.5. The van der Waals surface area contributed by atoms with Gasteiger partial charge in [-0.2, -0.15) is 0 Å². The number of hydrogen-bond donors (Lipinski definition) is 4. The van der Waals surface area contributed by atoms with Crippen molar-refractivity contribution in [3.8, 4) is 11.1 Å². The molecule has 3 amide bonds. The lowest BCUT2D eigenvalue weighted by Crippen LogP contribution is -2.60. The smallest absolute Gasteiger partial charge is 0.247 e. The lowest BCUT2D eigenvalue weighted by Gasteiger charge is -2.39. The molecule has 7 nitrogen and oxygen atoms in total. The Morgan fingerprint density at radius 2 is 1.48 bits per heavy atom. The molecule has 4 atom stereocenters. The maximum Gasteiger partial charge on any atom is 0.247 e. The van der Waals surface area contributed by atoms with Gasteiger partial charge in [0.15, 0.2) is 0 Å². The van der Waals surface area contributed by atoms with Crippen LogP contribution in [0.1, 0.15) is 83.0 Å². The quantitative estimate of drug-likeness (QED) is 0.181. The lowest BCUT2D eigenvalue weighted by atomic mass is 9.71. The predicted octanol–water partition coefficient (Wildman–Crippen LogP) is 6.03. The van der Waals surface area contributed by atoms with E-state index in [1.54, 1.807) is 0 Å². The van der Waals surface area contributed by atoms with E-state index in [1.807, 2.05) is 89.2 Å². The highest BCUT2D eigenvalue weighted by molar-refractivity contribution is 5.95. The maximum absolute atomic E-state index is 14.2. The first-order valence-corrected chi connectivity index (χ1v) is 15.6. The topological polar surface area (TPSA) is 122 Å². The zero-order valence-corrected chi connectivity index (χ0v) is 27.0. The molecule has 0 unspecified atom stereocenters. The van der Waals surface area contributed by atoms with Crippen LogP contribution in [-0.4, -0.2) is 35.0 Å². The van der Waals surface area contributed by atoms with Crippen LogP contribution in [0, 0.1) is 17.8 Å². The highest BCUT2D eigenvalue weighted by Gasteiger charge is 2.48. The summed E-state index contributed by atoms with van der Waals surface area (Å²) in [5.74, 6) is -1.84. The van der Waals surface area contributed by atoms with Crippen LogP contribution in [0.15, 0.2) is 78.9 Å². The zero-order valence-electron chi connectivity index (χ0n) is 27.0. The third-order valence-corrected chi connectivity index (χ3v) is 8.49. The molecule has 44 heavy (non-hydrogen) atoms. The SMILES string of the molecule is CCC[C@](CCCc1cccc(C)c1-c1ccccc1)(C(=O)N[C@H](C(=O)N[C@H](C)c1ccccc1)C(C)(C)C)[C@H](O)C(N)=O. The first-order chi connectivity index (χ1) is 20.8. The summed E-state index contributed by atoms with van der Waals surface area (Å²) in [4.78, 5) is 40.3. The van der Waals surface area contributed by atoms with Crippen molar-refractivity contribution in [3.63, 3.8) is 0 Å². The van der Waals surface area contributed by atoms with Crippen LogP contribution in [0.4, 0.5) is 0 Å². The summed E-state index contributed by atoms with van der Waals surface area (Å²) < 4.78 is 0. The van der Waals surface area contributed by atoms with Crippen LogP contribution >= 0.6 is 0 Å². The summed E-state index contributed by atoms with van der Waals surface area (Å²) in [5.41, 5.74) is 8.97. The number of nitrogens with two attached hydrogens (primary N) is 1. The van der Waals surface area contributed by atoms with Gasteiger partial charge >= 0.3 is 0 Å². The van der Waals surface area contributed by atoms with Gasteiger partial charge in [0.25, 0.3) is 0 Å². The summed E-state index contributed by atoms with van der Waals surface area (Å²) in [6.07, 6.45) is 0.445. The van der Waals surface area contributed by atoms with Crippen molar-refractivity contribution in [3.05, 3.63) is 95.6 Å². The van der Waals surface area contributed by atoms with Crippen molar-refractivity contribution < 1.29 is 19.5 Å². The van der Waals surface area contributed by atoms with Crippen LogP contribution in [0.3, 0.4) is 0 Å². The second-order valence-corrected chi connectivity index (χ2v) is 13.0. The molecule has 0 radical (unpaired) electrons. The fourth-order valence-corrected chi connectivity index (χ4v) is 6.09. The Balaban J connectivity index is 1.89. The van der Waals surface area contributed by atoms with E-state index in [4.69, 9.17) is 5.73 Å². The molecule has 0 aliphatic heterocycles. The van der Waals surface area contributed by atoms with E-state index in [1.165, 1.54) is 0 Å². The molecule has 7 heteroatoms. The van der Waals surface area contributed by atoms with Crippen molar-refractivity contribution in [2.45, 2.75) is 91.8 Å². The molecule has 0 saturated heterocycles. The summed E-state index contributed by atoms with van der Waals surface area (Å²) in [7, 11) is 0. The van der Waals surface area contributed by atoms with Gasteiger partial charge in [-0.25, -0.2) is 0 Å². The summed E-state index contributed by atoms with van der Waals surface area (Å²) >= 11 is 0. The molecule has 0 spiro atoms. The molecule has 0 bridgehead atoms. The number of rotatable bonds is 14. The molecular formula is C37H49N3O4. The molecule has 0 aliphatic rings. The molecule has 3 aromatic carbocycles. The first kappa shape index (κ1) is 34.5. The van der Waals surface area contributed by atoms with E-state index in [2.05, 4.69) is 41.8 Å². The number of amides is 3. The van der Waals surface area contributed by atoms with Crippen molar-refractivity contribution >= 4 is 17.7 Å². The van der Waals surface area contributed by atoms with Gasteiger partial charge in [0.2, 0.25) is 17.7 Å². The highest BCUT2D eigenvalue weighted by Crippen LogP contribution is 2.37. The van der Waals surface area contributed by atoms with Gasteiger partial charge in [0.05, 0.1) is 11.5 Å². The van der Waals surface area contributed by atoms with Gasteiger partial charge in [-0.1, -0.05) is 113 Å². The fourth-order valence-electron chi connectivity index (χ4n) is 6.09. The van der Waals surface area contributed by atoms with Crippen molar-refractivity contribution in [2.75, 3.05) is 0 Å². The van der Waals surface area contributed by atoms with E-state index in [0.29, 0.717) is 19.3 Å². The minimum atomic E-state index is -1.71. The summed E-state index contributed by atoms with van der Waals surface area (Å²) in [6.45, 7) is 11.5. The molecule has 0 aliphatic carbocycles. The number of hydrogen-bond acceptors (Lipinski definition) is 4. The van der Waals surface area contributed by atoms with Gasteiger partial charge in [0, 0.05) is 0 Å². The standard InChI is InChI=1S/C37H49N3O4/c1-7-23-37(32(41)33(38)42,24-15-22-29-21-14-16-25(2)30(29)28-19-12-9-13-20-28)35(44)40-31(36(4,5)6)34(43)39-26(3)27-17-10-8-11-18-27/h8-14,16-21,26,31-32,41H,7,15,22-24H2,1-6H3,(H2,38,42)(H,39,43)(H,40,44)/t26-,31-,32-,37-/m1/s1. The minimum absolute atomic E-state index is 0.220. The van der Waals surface area contributed by atoms with Crippen LogP contribution in [0.25, 0.3) is 11.1 Å². The number of carbonyl (C=O) groups excluding carboxylic acids is 3. The molecule has 0 aromatic heterocycles. The third kappa shape index (κ3) is 8.35. The highest BCUT2D eigenvalue weighted by atomic mass is 16.3. The average molecular weight is 600 g/mol. The Bertz CT molecular complexity index is 1400. The Morgan fingerprint density at radius 1 is 0.864 bits per heavy atom. The van der Waals surface area contributed by atoms with E-state index in [0.717, 1.165) is 27.8 Å². The molecule has 5 N–H and O–H groups in total. The van der Waals surface area contributed by atoms with Crippen molar-refractivity contribution in [2.24, 2.45) is 16.6 Å². The van der Waals surface area contributed by atoms with Crippen molar-refractivity contribution in [1.29, 1.82) is 0 Å². The summed E-state index contributed by atoms with van der Waals surface area (Å²) in [5, 5.41) is 17.2. The Kier molecular flexibility index (Phi) is 11.9. The maximum atomic E-state index is 14.2. The molecule has 0 saturated carbocycles. The van der Waals surface area contributed by atoms with Crippen LogP contribution in [0.2, 0.25) is 0 Å². The molecule has 0 heterocycles. The van der Waals surface area contributed by atoms with Crippen LogP contribution in [-0.2, 0) is 20.8 Å². The van der Waals surface area contributed by atoms with Gasteiger partial charge in [-0.3, -0.25) is 14.4 Å². The Hall–Kier alpha value is -3.97. The van der Waals surface area contributed by atoms with E-state index in [9.17, 15) is 19.5 Å². The monoisotopic (exact) mass is 599 g/mol. The largest absolute Gasteiger partial charge is 0.382 e. The fraction of sp³-hybridized carbons (Fsp3) is 0.432.